The first kappa shape index (κ1) is 13.3. The van der Waals surface area contributed by atoms with Crippen molar-refractivity contribution in [2.45, 2.75) is 20.4 Å². The smallest absolute Gasteiger partial charge is 0.144 e. The maximum absolute atomic E-state index is 5.78. The quantitative estimate of drug-likeness (QED) is 0.823. The molecule has 3 nitrogen and oxygen atoms in total. The Balaban J connectivity index is 2.19. The number of rotatable bonds is 4. The zero-order valence-corrected chi connectivity index (χ0v) is 11.7. The van der Waals surface area contributed by atoms with Crippen molar-refractivity contribution < 1.29 is 4.74 Å². The molecule has 0 spiro atoms. The minimum absolute atomic E-state index is 0.726. The highest BCUT2D eigenvalue weighted by Gasteiger charge is 2.07. The van der Waals surface area contributed by atoms with Gasteiger partial charge in [-0.3, -0.25) is 0 Å². The fraction of sp³-hybridized carbons (Fsp3) is 0.250. The molecule has 100 valence electrons. The van der Waals surface area contributed by atoms with Crippen LogP contribution in [0.25, 0.3) is 0 Å². The number of hydrogen-bond donors (Lipinski definition) is 2. The summed E-state index contributed by atoms with van der Waals surface area (Å²) in [7, 11) is 1.70. The molecule has 0 aliphatic rings. The van der Waals surface area contributed by atoms with E-state index < -0.39 is 0 Å². The van der Waals surface area contributed by atoms with Gasteiger partial charge in [0.05, 0.1) is 12.8 Å². The van der Waals surface area contributed by atoms with Crippen LogP contribution in [0.15, 0.2) is 36.4 Å². The minimum Gasteiger partial charge on any atom is -0.494 e. The summed E-state index contributed by atoms with van der Waals surface area (Å²) in [6.07, 6.45) is 0. The zero-order valence-electron chi connectivity index (χ0n) is 11.7. The molecule has 0 saturated carbocycles. The van der Waals surface area contributed by atoms with E-state index in [0.717, 1.165) is 34.8 Å². The molecule has 0 amide bonds. The highest BCUT2D eigenvalue weighted by atomic mass is 16.5. The molecular formula is C16H20N2O. The van der Waals surface area contributed by atoms with Crippen LogP contribution in [0.4, 0.5) is 11.4 Å². The molecule has 2 rings (SSSR count). The zero-order chi connectivity index (χ0) is 13.8. The first-order chi connectivity index (χ1) is 9.10. The summed E-state index contributed by atoms with van der Waals surface area (Å²) >= 11 is 0. The summed E-state index contributed by atoms with van der Waals surface area (Å²) in [6, 6.07) is 12.1. The molecule has 19 heavy (non-hydrogen) atoms. The van der Waals surface area contributed by atoms with Gasteiger partial charge in [-0.1, -0.05) is 18.2 Å². The molecule has 2 aromatic rings. The second kappa shape index (κ2) is 5.65. The molecular weight excluding hydrogens is 236 g/mol. The van der Waals surface area contributed by atoms with Crippen molar-refractivity contribution >= 4 is 11.4 Å². The lowest BCUT2D eigenvalue weighted by molar-refractivity contribution is 0.413. The normalized spacial score (nSPS) is 10.3. The molecule has 2 aromatic carbocycles. The standard InChI is InChI=1S/C16H20N2O/c1-11-7-12(2)16(19-3)15(8-11)18-10-13-5-4-6-14(17)9-13/h4-9,18H,10,17H2,1-3H3. The van der Waals surface area contributed by atoms with Crippen LogP contribution >= 0.6 is 0 Å². The van der Waals surface area contributed by atoms with E-state index in [0.29, 0.717) is 0 Å². The van der Waals surface area contributed by atoms with E-state index in [2.05, 4.69) is 37.4 Å². The summed E-state index contributed by atoms with van der Waals surface area (Å²) < 4.78 is 5.46. The predicted molar refractivity (Wildman–Crippen MR) is 80.6 cm³/mol. The van der Waals surface area contributed by atoms with Gasteiger partial charge < -0.3 is 15.8 Å². The SMILES string of the molecule is COc1c(C)cc(C)cc1NCc1cccc(N)c1. The van der Waals surface area contributed by atoms with Crippen molar-refractivity contribution in [2.75, 3.05) is 18.2 Å². The number of aryl methyl sites for hydroxylation is 2. The molecule has 3 N–H and O–H groups in total. The van der Waals surface area contributed by atoms with E-state index in [-0.39, 0.29) is 0 Å². The van der Waals surface area contributed by atoms with E-state index in [1.54, 1.807) is 7.11 Å². The van der Waals surface area contributed by atoms with Crippen LogP contribution in [-0.4, -0.2) is 7.11 Å². The molecule has 0 heterocycles. The Hall–Kier alpha value is -2.16. The average molecular weight is 256 g/mol. The van der Waals surface area contributed by atoms with E-state index in [1.165, 1.54) is 5.56 Å². The van der Waals surface area contributed by atoms with Crippen LogP contribution in [0.1, 0.15) is 16.7 Å². The van der Waals surface area contributed by atoms with Crippen LogP contribution < -0.4 is 15.8 Å². The van der Waals surface area contributed by atoms with Crippen LogP contribution in [0.3, 0.4) is 0 Å². The number of benzene rings is 2. The highest BCUT2D eigenvalue weighted by Crippen LogP contribution is 2.30. The molecule has 3 heteroatoms. The van der Waals surface area contributed by atoms with E-state index in [4.69, 9.17) is 10.5 Å². The monoisotopic (exact) mass is 256 g/mol. The van der Waals surface area contributed by atoms with Crippen molar-refractivity contribution in [1.82, 2.24) is 0 Å². The molecule has 0 saturated heterocycles. The summed E-state index contributed by atoms with van der Waals surface area (Å²) in [5, 5.41) is 3.41. The summed E-state index contributed by atoms with van der Waals surface area (Å²) in [6.45, 7) is 4.86. The van der Waals surface area contributed by atoms with Gasteiger partial charge in [0.15, 0.2) is 0 Å². The Labute approximate surface area is 114 Å². The fourth-order valence-electron chi connectivity index (χ4n) is 2.26. The lowest BCUT2D eigenvalue weighted by atomic mass is 10.1. The topological polar surface area (TPSA) is 47.3 Å². The summed E-state index contributed by atoms with van der Waals surface area (Å²) in [5.41, 5.74) is 11.1. The summed E-state index contributed by atoms with van der Waals surface area (Å²) in [4.78, 5) is 0. The number of anilines is 2. The molecule has 0 radical (unpaired) electrons. The predicted octanol–water partition coefficient (Wildman–Crippen LogP) is 3.51. The Morgan fingerprint density at radius 2 is 1.95 bits per heavy atom. The number of nitrogens with two attached hydrogens (primary N) is 1. The molecule has 0 unspecified atom stereocenters. The number of nitrogens with one attached hydrogen (secondary N) is 1. The van der Waals surface area contributed by atoms with E-state index in [9.17, 15) is 0 Å². The molecule has 0 aromatic heterocycles. The third-order valence-electron chi connectivity index (χ3n) is 3.06. The van der Waals surface area contributed by atoms with Crippen molar-refractivity contribution in [3.63, 3.8) is 0 Å². The lowest BCUT2D eigenvalue weighted by Gasteiger charge is -2.14. The number of nitrogen functional groups attached to an aromatic ring is 1. The van der Waals surface area contributed by atoms with E-state index in [1.807, 2.05) is 18.2 Å². The number of methoxy groups -OCH3 is 1. The van der Waals surface area contributed by atoms with Gasteiger partial charge in [0.1, 0.15) is 5.75 Å². The van der Waals surface area contributed by atoms with Gasteiger partial charge in [-0.2, -0.15) is 0 Å². The molecule has 0 atom stereocenters. The number of ether oxygens (including phenoxy) is 1. The third-order valence-corrected chi connectivity index (χ3v) is 3.06. The van der Waals surface area contributed by atoms with Gasteiger partial charge in [-0.05, 0) is 48.7 Å². The summed E-state index contributed by atoms with van der Waals surface area (Å²) in [5.74, 6) is 0.898. The van der Waals surface area contributed by atoms with Crippen LogP contribution in [-0.2, 0) is 6.54 Å². The Morgan fingerprint density at radius 3 is 2.63 bits per heavy atom. The lowest BCUT2D eigenvalue weighted by Crippen LogP contribution is -2.03. The molecule has 0 aliphatic heterocycles. The van der Waals surface area contributed by atoms with Crippen molar-refractivity contribution in [3.05, 3.63) is 53.1 Å². The second-order valence-corrected chi connectivity index (χ2v) is 4.76. The second-order valence-electron chi connectivity index (χ2n) is 4.76. The van der Waals surface area contributed by atoms with Gasteiger partial charge in [0.2, 0.25) is 0 Å². The first-order valence-electron chi connectivity index (χ1n) is 6.33. The van der Waals surface area contributed by atoms with Gasteiger partial charge in [0.25, 0.3) is 0 Å². The Kier molecular flexibility index (Phi) is 3.95. The van der Waals surface area contributed by atoms with Gasteiger partial charge >= 0.3 is 0 Å². The van der Waals surface area contributed by atoms with Crippen molar-refractivity contribution in [3.8, 4) is 5.75 Å². The van der Waals surface area contributed by atoms with Crippen LogP contribution in [0.2, 0.25) is 0 Å². The minimum atomic E-state index is 0.726. The highest BCUT2D eigenvalue weighted by molar-refractivity contribution is 5.62. The van der Waals surface area contributed by atoms with Crippen molar-refractivity contribution in [2.24, 2.45) is 0 Å². The van der Waals surface area contributed by atoms with Crippen molar-refractivity contribution in [1.29, 1.82) is 0 Å². The van der Waals surface area contributed by atoms with E-state index >= 15 is 0 Å². The van der Waals surface area contributed by atoms with Crippen LogP contribution in [0, 0.1) is 13.8 Å². The number of hydrogen-bond acceptors (Lipinski definition) is 3. The maximum Gasteiger partial charge on any atom is 0.144 e. The van der Waals surface area contributed by atoms with Gasteiger partial charge in [-0.25, -0.2) is 0 Å². The first-order valence-corrected chi connectivity index (χ1v) is 6.33. The Bertz CT molecular complexity index is 579. The van der Waals surface area contributed by atoms with Gasteiger partial charge in [0, 0.05) is 12.2 Å². The molecule has 0 fully saturated rings. The molecule has 0 bridgehead atoms. The van der Waals surface area contributed by atoms with Crippen LogP contribution in [0.5, 0.6) is 5.75 Å². The Morgan fingerprint density at radius 1 is 1.16 bits per heavy atom. The largest absolute Gasteiger partial charge is 0.494 e. The average Bonchev–Trinajstić information content (AvgIpc) is 2.36. The third kappa shape index (κ3) is 3.19. The van der Waals surface area contributed by atoms with Gasteiger partial charge in [-0.15, -0.1) is 0 Å². The maximum atomic E-state index is 5.78. The molecule has 0 aliphatic carbocycles. The fourth-order valence-corrected chi connectivity index (χ4v) is 2.26.